The summed E-state index contributed by atoms with van der Waals surface area (Å²) in [6.07, 6.45) is 0. The third kappa shape index (κ3) is 3.48. The summed E-state index contributed by atoms with van der Waals surface area (Å²) in [6, 6.07) is 6.29. The van der Waals surface area contributed by atoms with E-state index in [2.05, 4.69) is 15.3 Å². The Hall–Kier alpha value is -2.17. The van der Waals surface area contributed by atoms with E-state index in [1.807, 2.05) is 27.7 Å². The van der Waals surface area contributed by atoms with Gasteiger partial charge in [-0.1, -0.05) is 26.0 Å². The summed E-state index contributed by atoms with van der Waals surface area (Å²) in [4.78, 5) is 8.90. The van der Waals surface area contributed by atoms with Crippen molar-refractivity contribution >= 4 is 5.82 Å². The Morgan fingerprint density at radius 1 is 1.24 bits per heavy atom. The zero-order chi connectivity index (χ0) is 15.4. The highest BCUT2D eigenvalue weighted by Crippen LogP contribution is 2.30. The fourth-order valence-corrected chi connectivity index (χ4v) is 1.84. The first kappa shape index (κ1) is 15.2. The van der Waals surface area contributed by atoms with Crippen molar-refractivity contribution < 1.29 is 9.13 Å². The zero-order valence-corrected chi connectivity index (χ0v) is 12.8. The minimum absolute atomic E-state index is 0.158. The average molecular weight is 289 g/mol. The monoisotopic (exact) mass is 289 g/mol. The Kier molecular flexibility index (Phi) is 4.73. The molecule has 21 heavy (non-hydrogen) atoms. The largest absolute Gasteiger partial charge is 0.435 e. The molecule has 0 unspecified atom stereocenters. The molecule has 4 nitrogen and oxygen atoms in total. The molecule has 1 heterocycles. The number of aromatic nitrogens is 2. The van der Waals surface area contributed by atoms with E-state index in [4.69, 9.17) is 4.74 Å². The van der Waals surface area contributed by atoms with Crippen LogP contribution in [0.1, 0.15) is 38.1 Å². The van der Waals surface area contributed by atoms with E-state index in [0.29, 0.717) is 11.7 Å². The SMILES string of the molecule is CCNc1nc(C(C)C)nc(Oc2ccccc2F)c1C. The summed E-state index contributed by atoms with van der Waals surface area (Å²) in [6.45, 7) is 8.61. The summed E-state index contributed by atoms with van der Waals surface area (Å²) in [5, 5.41) is 3.19. The number of rotatable bonds is 5. The van der Waals surface area contributed by atoms with Crippen LogP contribution in [0.4, 0.5) is 10.2 Å². The molecule has 0 aliphatic heterocycles. The van der Waals surface area contributed by atoms with Crippen LogP contribution in [0, 0.1) is 12.7 Å². The van der Waals surface area contributed by atoms with Crippen LogP contribution in [0.5, 0.6) is 11.6 Å². The van der Waals surface area contributed by atoms with Gasteiger partial charge in [-0.05, 0) is 26.0 Å². The fourth-order valence-electron chi connectivity index (χ4n) is 1.84. The molecule has 0 amide bonds. The molecule has 112 valence electrons. The topological polar surface area (TPSA) is 47.0 Å². The van der Waals surface area contributed by atoms with Gasteiger partial charge in [0, 0.05) is 12.5 Å². The molecule has 0 bridgehead atoms. The van der Waals surface area contributed by atoms with Gasteiger partial charge in [-0.2, -0.15) is 4.98 Å². The maximum Gasteiger partial charge on any atom is 0.227 e. The van der Waals surface area contributed by atoms with Crippen LogP contribution in [0.25, 0.3) is 0 Å². The number of ether oxygens (including phenoxy) is 1. The molecule has 0 spiro atoms. The normalized spacial score (nSPS) is 10.8. The van der Waals surface area contributed by atoms with Gasteiger partial charge in [-0.3, -0.25) is 0 Å². The highest BCUT2D eigenvalue weighted by Gasteiger charge is 2.15. The Morgan fingerprint density at radius 3 is 2.57 bits per heavy atom. The molecular formula is C16H20FN3O. The first-order valence-corrected chi connectivity index (χ1v) is 7.07. The summed E-state index contributed by atoms with van der Waals surface area (Å²) in [5.74, 6) is 1.69. The summed E-state index contributed by atoms with van der Waals surface area (Å²) < 4.78 is 19.4. The van der Waals surface area contributed by atoms with Crippen molar-refractivity contribution in [1.82, 2.24) is 9.97 Å². The van der Waals surface area contributed by atoms with E-state index in [-0.39, 0.29) is 11.7 Å². The molecule has 0 aliphatic carbocycles. The first-order valence-electron chi connectivity index (χ1n) is 7.07. The molecular weight excluding hydrogens is 269 g/mol. The quantitative estimate of drug-likeness (QED) is 0.892. The number of para-hydroxylation sites is 1. The molecule has 0 saturated carbocycles. The van der Waals surface area contributed by atoms with Crippen LogP contribution in [0.3, 0.4) is 0 Å². The maximum absolute atomic E-state index is 13.7. The van der Waals surface area contributed by atoms with Gasteiger partial charge in [0.25, 0.3) is 0 Å². The van der Waals surface area contributed by atoms with Crippen molar-refractivity contribution in [1.29, 1.82) is 0 Å². The molecule has 1 aromatic carbocycles. The minimum Gasteiger partial charge on any atom is -0.435 e. The predicted octanol–water partition coefficient (Wildman–Crippen LogP) is 4.27. The third-order valence-electron chi connectivity index (χ3n) is 3.02. The van der Waals surface area contributed by atoms with E-state index in [1.54, 1.807) is 18.2 Å². The maximum atomic E-state index is 13.7. The number of hydrogen-bond acceptors (Lipinski definition) is 4. The Labute approximate surface area is 124 Å². The second kappa shape index (κ2) is 6.52. The highest BCUT2D eigenvalue weighted by atomic mass is 19.1. The second-order valence-corrected chi connectivity index (χ2v) is 5.08. The number of nitrogens with one attached hydrogen (secondary N) is 1. The molecule has 0 atom stereocenters. The Morgan fingerprint density at radius 2 is 1.95 bits per heavy atom. The first-order chi connectivity index (χ1) is 10.0. The summed E-state index contributed by atoms with van der Waals surface area (Å²) in [7, 11) is 0. The van der Waals surface area contributed by atoms with E-state index < -0.39 is 5.82 Å². The van der Waals surface area contributed by atoms with Crippen molar-refractivity contribution in [2.75, 3.05) is 11.9 Å². The smallest absolute Gasteiger partial charge is 0.227 e. The molecule has 5 heteroatoms. The van der Waals surface area contributed by atoms with Crippen molar-refractivity contribution in [3.63, 3.8) is 0 Å². The standard InChI is InChI=1S/C16H20FN3O/c1-5-18-15-11(4)16(20-14(19-15)10(2)3)21-13-9-7-6-8-12(13)17/h6-10H,5H2,1-4H3,(H,18,19,20). The predicted molar refractivity (Wildman–Crippen MR) is 81.5 cm³/mol. The number of benzene rings is 1. The van der Waals surface area contributed by atoms with Gasteiger partial charge in [0.1, 0.15) is 11.6 Å². The average Bonchev–Trinajstić information content (AvgIpc) is 2.45. The molecule has 0 fully saturated rings. The minimum atomic E-state index is -0.411. The molecule has 1 N–H and O–H groups in total. The van der Waals surface area contributed by atoms with Crippen molar-refractivity contribution in [3.8, 4) is 11.6 Å². The lowest BCUT2D eigenvalue weighted by molar-refractivity contribution is 0.420. The van der Waals surface area contributed by atoms with Gasteiger partial charge in [0.2, 0.25) is 5.88 Å². The van der Waals surface area contributed by atoms with Crippen LogP contribution >= 0.6 is 0 Å². The third-order valence-corrected chi connectivity index (χ3v) is 3.02. The van der Waals surface area contributed by atoms with Gasteiger partial charge in [-0.15, -0.1) is 0 Å². The fraction of sp³-hybridized carbons (Fsp3) is 0.375. The van der Waals surface area contributed by atoms with Gasteiger partial charge >= 0.3 is 0 Å². The van der Waals surface area contributed by atoms with Gasteiger partial charge in [-0.25, -0.2) is 9.37 Å². The summed E-state index contributed by atoms with van der Waals surface area (Å²) >= 11 is 0. The van der Waals surface area contributed by atoms with Gasteiger partial charge in [0.15, 0.2) is 11.6 Å². The van der Waals surface area contributed by atoms with Gasteiger partial charge < -0.3 is 10.1 Å². The zero-order valence-electron chi connectivity index (χ0n) is 12.8. The van der Waals surface area contributed by atoms with Crippen LogP contribution in [0.15, 0.2) is 24.3 Å². The lowest BCUT2D eigenvalue weighted by atomic mass is 10.2. The lowest BCUT2D eigenvalue weighted by Gasteiger charge is -2.15. The number of halogens is 1. The van der Waals surface area contributed by atoms with Crippen LogP contribution in [-0.2, 0) is 0 Å². The van der Waals surface area contributed by atoms with Crippen molar-refractivity contribution in [3.05, 3.63) is 41.5 Å². The van der Waals surface area contributed by atoms with Crippen molar-refractivity contribution in [2.45, 2.75) is 33.6 Å². The Balaban J connectivity index is 2.44. The second-order valence-electron chi connectivity index (χ2n) is 5.08. The van der Waals surface area contributed by atoms with Crippen LogP contribution in [0.2, 0.25) is 0 Å². The molecule has 0 radical (unpaired) electrons. The van der Waals surface area contributed by atoms with Crippen LogP contribution < -0.4 is 10.1 Å². The van der Waals surface area contributed by atoms with Crippen molar-refractivity contribution in [2.24, 2.45) is 0 Å². The summed E-state index contributed by atoms with van der Waals surface area (Å²) in [5.41, 5.74) is 0.768. The van der Waals surface area contributed by atoms with E-state index in [1.165, 1.54) is 6.07 Å². The highest BCUT2D eigenvalue weighted by molar-refractivity contribution is 5.49. The van der Waals surface area contributed by atoms with E-state index in [9.17, 15) is 4.39 Å². The number of nitrogens with zero attached hydrogens (tertiary/aromatic N) is 2. The number of hydrogen-bond donors (Lipinski definition) is 1. The van der Waals surface area contributed by atoms with Crippen LogP contribution in [-0.4, -0.2) is 16.5 Å². The molecule has 2 aromatic rings. The van der Waals surface area contributed by atoms with E-state index >= 15 is 0 Å². The Bertz CT molecular complexity index is 629. The lowest BCUT2D eigenvalue weighted by Crippen LogP contribution is -2.09. The molecule has 2 rings (SSSR count). The number of anilines is 1. The molecule has 0 aliphatic rings. The van der Waals surface area contributed by atoms with Gasteiger partial charge in [0.05, 0.1) is 5.56 Å². The molecule has 1 aromatic heterocycles. The molecule has 0 saturated heterocycles. The van der Waals surface area contributed by atoms with E-state index in [0.717, 1.165) is 17.9 Å².